The summed E-state index contributed by atoms with van der Waals surface area (Å²) >= 11 is 0. The first kappa shape index (κ1) is 32.5. The van der Waals surface area contributed by atoms with E-state index in [0.29, 0.717) is 30.9 Å². The highest BCUT2D eigenvalue weighted by Crippen LogP contribution is 2.34. The highest BCUT2D eigenvalue weighted by atomic mass is 19.2. The molecule has 0 unspecified atom stereocenters. The molecule has 1 fully saturated rings. The van der Waals surface area contributed by atoms with Crippen LogP contribution < -0.4 is 9.47 Å². The number of rotatable bonds is 14. The Kier molecular flexibility index (Phi) is 12.0. The van der Waals surface area contributed by atoms with E-state index in [2.05, 4.69) is 13.8 Å². The molecule has 232 valence electrons. The zero-order valence-corrected chi connectivity index (χ0v) is 24.6. The lowest BCUT2D eigenvalue weighted by Gasteiger charge is -2.28. The monoisotopic (exact) mass is 602 g/mol. The van der Waals surface area contributed by atoms with E-state index in [-0.39, 0.29) is 22.8 Å². The quantitative estimate of drug-likeness (QED) is 0.0798. The van der Waals surface area contributed by atoms with Gasteiger partial charge >= 0.3 is 5.97 Å². The van der Waals surface area contributed by atoms with Gasteiger partial charge in [-0.15, -0.1) is 0 Å². The van der Waals surface area contributed by atoms with Gasteiger partial charge in [0.2, 0.25) is 11.6 Å². The number of esters is 1. The maximum Gasteiger partial charge on any atom is 0.368 e. The molecular weight excluding hydrogens is 564 g/mol. The number of hydrogen-bond donors (Lipinski definition) is 0. The molecule has 5 nitrogen and oxygen atoms in total. The minimum Gasteiger partial charge on any atom is -0.490 e. The number of benzene rings is 3. The molecule has 4 rings (SSSR count). The molecule has 9 heteroatoms. The fourth-order valence-electron chi connectivity index (χ4n) is 4.93. The zero-order chi connectivity index (χ0) is 30.8. The SMILES string of the molecule is CCCCCCOc1ccc(-c2ccc(-c3ccc(OC(=O)C4OCC(CCCCC)CO4)c(F)c3F)cc2)c(F)c1F. The Bertz CT molecular complexity index is 1350. The van der Waals surface area contributed by atoms with E-state index in [0.717, 1.165) is 57.4 Å². The Labute approximate surface area is 250 Å². The molecule has 0 aromatic heterocycles. The molecule has 0 radical (unpaired) electrons. The lowest BCUT2D eigenvalue weighted by atomic mass is 9.99. The molecule has 0 amide bonds. The second-order valence-corrected chi connectivity index (χ2v) is 10.7. The van der Waals surface area contributed by atoms with E-state index < -0.39 is 41.3 Å². The van der Waals surface area contributed by atoms with Crippen molar-refractivity contribution in [1.29, 1.82) is 0 Å². The van der Waals surface area contributed by atoms with Gasteiger partial charge in [0, 0.05) is 17.0 Å². The van der Waals surface area contributed by atoms with Crippen molar-refractivity contribution in [3.05, 3.63) is 71.8 Å². The molecule has 1 saturated heterocycles. The minimum atomic E-state index is -1.35. The van der Waals surface area contributed by atoms with E-state index in [4.69, 9.17) is 18.9 Å². The van der Waals surface area contributed by atoms with Gasteiger partial charge in [0.25, 0.3) is 6.29 Å². The fourth-order valence-corrected chi connectivity index (χ4v) is 4.93. The maximum atomic E-state index is 15.0. The molecule has 0 saturated carbocycles. The van der Waals surface area contributed by atoms with Gasteiger partial charge in [-0.25, -0.2) is 13.6 Å². The normalized spacial score (nSPS) is 16.7. The number of unbranched alkanes of at least 4 members (excludes halogenated alkanes) is 5. The highest BCUT2D eigenvalue weighted by molar-refractivity contribution is 5.77. The van der Waals surface area contributed by atoms with Crippen LogP contribution in [0, 0.1) is 29.2 Å². The standard InChI is InChI=1S/C34H38F4O5/c1-3-5-7-9-19-40-27-17-15-25(29(35)31(27)37)23-11-13-24(14-12-23)26-16-18-28(32(38)30(26)36)43-33(39)34-41-20-22(21-42-34)10-8-6-4-2/h11-18,22,34H,3-10,19-21H2,1-2H3. The first-order chi connectivity index (χ1) is 20.8. The van der Waals surface area contributed by atoms with Crippen molar-refractivity contribution < 1.29 is 41.3 Å². The van der Waals surface area contributed by atoms with Gasteiger partial charge < -0.3 is 18.9 Å². The summed E-state index contributed by atoms with van der Waals surface area (Å²) in [6.45, 7) is 5.14. The summed E-state index contributed by atoms with van der Waals surface area (Å²) in [5.74, 6) is -6.25. The van der Waals surface area contributed by atoms with Crippen LogP contribution in [-0.4, -0.2) is 32.1 Å². The van der Waals surface area contributed by atoms with Crippen LogP contribution >= 0.6 is 0 Å². The molecule has 3 aromatic rings. The molecule has 1 aliphatic heterocycles. The summed E-state index contributed by atoms with van der Waals surface area (Å²) in [5, 5.41) is 0. The molecular formula is C34H38F4O5. The van der Waals surface area contributed by atoms with Gasteiger partial charge in [0.1, 0.15) is 0 Å². The van der Waals surface area contributed by atoms with E-state index in [1.807, 2.05) is 0 Å². The van der Waals surface area contributed by atoms with Gasteiger partial charge in [-0.3, -0.25) is 0 Å². The topological polar surface area (TPSA) is 54.0 Å². The summed E-state index contributed by atoms with van der Waals surface area (Å²) < 4.78 is 80.8. The minimum absolute atomic E-state index is 0.00993. The first-order valence-corrected chi connectivity index (χ1v) is 15.0. The van der Waals surface area contributed by atoms with Crippen LogP contribution in [0.4, 0.5) is 17.6 Å². The lowest BCUT2D eigenvalue weighted by Crippen LogP contribution is -2.39. The Morgan fingerprint density at radius 3 is 1.81 bits per heavy atom. The Morgan fingerprint density at radius 2 is 1.23 bits per heavy atom. The van der Waals surface area contributed by atoms with Gasteiger partial charge in [-0.05, 0) is 48.2 Å². The third-order valence-corrected chi connectivity index (χ3v) is 7.44. The average molecular weight is 603 g/mol. The number of carbonyl (C=O) groups is 1. The smallest absolute Gasteiger partial charge is 0.368 e. The van der Waals surface area contributed by atoms with Crippen LogP contribution in [-0.2, 0) is 14.3 Å². The second kappa shape index (κ2) is 15.9. The summed E-state index contributed by atoms with van der Waals surface area (Å²) in [4.78, 5) is 12.5. The van der Waals surface area contributed by atoms with Gasteiger partial charge in [0.05, 0.1) is 19.8 Å². The molecule has 3 aromatic carbocycles. The van der Waals surface area contributed by atoms with Crippen LogP contribution in [0.1, 0.15) is 65.2 Å². The number of halogens is 4. The van der Waals surface area contributed by atoms with Crippen LogP contribution in [0.3, 0.4) is 0 Å². The summed E-state index contributed by atoms with van der Waals surface area (Å²) in [5.41, 5.74) is 0.554. The molecule has 1 heterocycles. The van der Waals surface area contributed by atoms with Gasteiger partial charge in [-0.2, -0.15) is 8.78 Å². The lowest BCUT2D eigenvalue weighted by molar-refractivity contribution is -0.215. The van der Waals surface area contributed by atoms with Gasteiger partial charge in [-0.1, -0.05) is 76.6 Å². The predicted molar refractivity (Wildman–Crippen MR) is 156 cm³/mol. The van der Waals surface area contributed by atoms with Crippen molar-refractivity contribution >= 4 is 5.97 Å². The Morgan fingerprint density at radius 1 is 0.698 bits per heavy atom. The molecule has 0 spiro atoms. The number of hydrogen-bond acceptors (Lipinski definition) is 5. The second-order valence-electron chi connectivity index (χ2n) is 10.7. The number of carbonyl (C=O) groups excluding carboxylic acids is 1. The highest BCUT2D eigenvalue weighted by Gasteiger charge is 2.30. The molecule has 1 aliphatic rings. The first-order valence-electron chi connectivity index (χ1n) is 15.0. The van der Waals surface area contributed by atoms with E-state index >= 15 is 4.39 Å². The van der Waals surface area contributed by atoms with Crippen molar-refractivity contribution in [3.63, 3.8) is 0 Å². The zero-order valence-electron chi connectivity index (χ0n) is 24.6. The summed E-state index contributed by atoms with van der Waals surface area (Å²) in [6, 6.07) is 11.1. The predicted octanol–water partition coefficient (Wildman–Crippen LogP) is 9.01. The molecule has 43 heavy (non-hydrogen) atoms. The van der Waals surface area contributed by atoms with Crippen LogP contribution in [0.15, 0.2) is 48.5 Å². The van der Waals surface area contributed by atoms with E-state index in [9.17, 15) is 18.0 Å². The third-order valence-electron chi connectivity index (χ3n) is 7.44. The van der Waals surface area contributed by atoms with Crippen molar-refractivity contribution in [2.75, 3.05) is 19.8 Å². The van der Waals surface area contributed by atoms with Crippen molar-refractivity contribution in [1.82, 2.24) is 0 Å². The largest absolute Gasteiger partial charge is 0.490 e. The van der Waals surface area contributed by atoms with Crippen molar-refractivity contribution in [2.24, 2.45) is 5.92 Å². The van der Waals surface area contributed by atoms with Crippen molar-refractivity contribution in [2.45, 2.75) is 71.5 Å². The molecule has 0 bridgehead atoms. The third kappa shape index (κ3) is 8.36. The number of ether oxygens (including phenoxy) is 4. The molecule has 0 atom stereocenters. The summed E-state index contributed by atoms with van der Waals surface area (Å²) in [7, 11) is 0. The summed E-state index contributed by atoms with van der Waals surface area (Å²) in [6.07, 6.45) is 6.67. The van der Waals surface area contributed by atoms with Crippen LogP contribution in [0.25, 0.3) is 22.3 Å². The van der Waals surface area contributed by atoms with Crippen LogP contribution in [0.2, 0.25) is 0 Å². The van der Waals surface area contributed by atoms with Gasteiger partial charge in [0.15, 0.2) is 23.1 Å². The van der Waals surface area contributed by atoms with Crippen molar-refractivity contribution in [3.8, 4) is 33.8 Å². The Hall–Kier alpha value is -3.43. The average Bonchev–Trinajstić information content (AvgIpc) is 3.02. The fraction of sp³-hybridized carbons (Fsp3) is 0.441. The van der Waals surface area contributed by atoms with E-state index in [1.54, 1.807) is 0 Å². The maximum absolute atomic E-state index is 15.0. The van der Waals surface area contributed by atoms with Crippen LogP contribution in [0.5, 0.6) is 11.5 Å². The molecule has 0 aliphatic carbocycles. The Balaban J connectivity index is 1.39. The molecule has 0 N–H and O–H groups in total. The van der Waals surface area contributed by atoms with E-state index in [1.165, 1.54) is 42.5 Å².